The Morgan fingerprint density at radius 3 is 2.21 bits per heavy atom. The molecule has 0 radical (unpaired) electrons. The summed E-state index contributed by atoms with van der Waals surface area (Å²) in [5.41, 5.74) is 0.178. The molecule has 1 rings (SSSR count). The molecule has 4 nitrogen and oxygen atoms in total. The van der Waals surface area contributed by atoms with E-state index in [1.165, 1.54) is 26.4 Å². The fourth-order valence-electron chi connectivity index (χ4n) is 0.969. The zero-order valence-electron chi connectivity index (χ0n) is 7.40. The Bertz CT molecular complexity index is 325. The molecule has 0 aromatic heterocycles. The van der Waals surface area contributed by atoms with E-state index >= 15 is 0 Å². The van der Waals surface area contributed by atoms with Crippen molar-refractivity contribution in [2.75, 3.05) is 14.2 Å². The van der Waals surface area contributed by atoms with Crippen molar-refractivity contribution in [1.82, 2.24) is 0 Å². The Kier molecular flexibility index (Phi) is 5.60. The maximum atomic E-state index is 10.6. The van der Waals surface area contributed by atoms with Crippen molar-refractivity contribution in [2.45, 2.75) is 0 Å². The van der Waals surface area contributed by atoms with E-state index in [4.69, 9.17) is 14.6 Å². The van der Waals surface area contributed by atoms with Crippen molar-refractivity contribution < 1.29 is 19.4 Å². The molecule has 0 bridgehead atoms. The summed E-state index contributed by atoms with van der Waals surface area (Å²) in [4.78, 5) is 10.6. The van der Waals surface area contributed by atoms with E-state index in [0.29, 0.717) is 11.5 Å². The van der Waals surface area contributed by atoms with Gasteiger partial charge in [0.2, 0.25) is 0 Å². The van der Waals surface area contributed by atoms with E-state index in [1.807, 2.05) is 0 Å². The standard InChI is InChI=1S/C9H10O4.Na.H/c1-12-7-4-3-6(9(10)11)5-8(7)13-2;;/h3-5H,1-2H3,(H,10,11);;. The number of rotatable bonds is 3. The summed E-state index contributed by atoms with van der Waals surface area (Å²) in [6.07, 6.45) is 0. The monoisotopic (exact) mass is 206 g/mol. The zero-order chi connectivity index (χ0) is 9.84. The van der Waals surface area contributed by atoms with Gasteiger partial charge < -0.3 is 14.6 Å². The molecule has 1 aromatic rings. The van der Waals surface area contributed by atoms with Gasteiger partial charge in [0.25, 0.3) is 0 Å². The number of carboxylic acid groups (broad SMARTS) is 1. The first-order valence-corrected chi connectivity index (χ1v) is 3.64. The number of hydrogen-bond acceptors (Lipinski definition) is 3. The van der Waals surface area contributed by atoms with Gasteiger partial charge in [0.15, 0.2) is 11.5 Å². The van der Waals surface area contributed by atoms with Gasteiger partial charge in [-0.2, -0.15) is 0 Å². The van der Waals surface area contributed by atoms with Crippen LogP contribution in [0.2, 0.25) is 0 Å². The summed E-state index contributed by atoms with van der Waals surface area (Å²) in [6.45, 7) is 0. The second-order valence-corrected chi connectivity index (χ2v) is 2.37. The molecule has 0 amide bonds. The predicted molar refractivity (Wildman–Crippen MR) is 53.7 cm³/mol. The number of benzene rings is 1. The molecule has 0 spiro atoms. The van der Waals surface area contributed by atoms with Crippen molar-refractivity contribution in [2.24, 2.45) is 0 Å². The molecule has 14 heavy (non-hydrogen) atoms. The fraction of sp³-hybridized carbons (Fsp3) is 0.222. The average molecular weight is 206 g/mol. The van der Waals surface area contributed by atoms with Crippen LogP contribution < -0.4 is 9.47 Å². The molecule has 0 saturated heterocycles. The van der Waals surface area contributed by atoms with Crippen molar-refractivity contribution in [3.8, 4) is 11.5 Å². The predicted octanol–water partition coefficient (Wildman–Crippen LogP) is 0.753. The van der Waals surface area contributed by atoms with Gasteiger partial charge >= 0.3 is 35.5 Å². The SMILES string of the molecule is COc1ccc(C(=O)O)cc1OC.[NaH]. The van der Waals surface area contributed by atoms with Gasteiger partial charge in [-0.1, -0.05) is 0 Å². The summed E-state index contributed by atoms with van der Waals surface area (Å²) in [5, 5.41) is 8.67. The maximum absolute atomic E-state index is 10.6. The van der Waals surface area contributed by atoms with Crippen LogP contribution in [-0.4, -0.2) is 54.9 Å². The van der Waals surface area contributed by atoms with Crippen LogP contribution in [0.15, 0.2) is 18.2 Å². The number of carboxylic acids is 1. The van der Waals surface area contributed by atoms with Crippen LogP contribution in [0.1, 0.15) is 10.4 Å². The van der Waals surface area contributed by atoms with Crippen molar-refractivity contribution in [1.29, 1.82) is 0 Å². The molecule has 0 heterocycles. The van der Waals surface area contributed by atoms with Crippen molar-refractivity contribution in [3.05, 3.63) is 23.8 Å². The van der Waals surface area contributed by atoms with Gasteiger partial charge in [0.05, 0.1) is 19.8 Å². The first kappa shape index (κ1) is 13.3. The van der Waals surface area contributed by atoms with E-state index in [1.54, 1.807) is 6.07 Å². The topological polar surface area (TPSA) is 55.8 Å². The normalized spacial score (nSPS) is 8.71. The first-order valence-electron chi connectivity index (χ1n) is 3.64. The molecule has 0 atom stereocenters. The molecule has 0 aliphatic heterocycles. The number of carbonyl (C=O) groups is 1. The molecule has 0 fully saturated rings. The van der Waals surface area contributed by atoms with Gasteiger partial charge in [-0.15, -0.1) is 0 Å². The zero-order valence-corrected chi connectivity index (χ0v) is 7.40. The molecule has 0 aliphatic carbocycles. The van der Waals surface area contributed by atoms with Crippen molar-refractivity contribution >= 4 is 35.5 Å². The summed E-state index contributed by atoms with van der Waals surface area (Å²) >= 11 is 0. The summed E-state index contributed by atoms with van der Waals surface area (Å²) in [5.74, 6) is -0.0455. The van der Waals surface area contributed by atoms with E-state index in [2.05, 4.69) is 0 Å². The van der Waals surface area contributed by atoms with E-state index in [-0.39, 0.29) is 35.1 Å². The number of methoxy groups -OCH3 is 2. The van der Waals surface area contributed by atoms with Gasteiger partial charge in [0.1, 0.15) is 0 Å². The number of ether oxygens (including phenoxy) is 2. The molecule has 1 aromatic carbocycles. The Hall–Kier alpha value is -0.710. The first-order chi connectivity index (χ1) is 6.19. The van der Waals surface area contributed by atoms with E-state index < -0.39 is 5.97 Å². The third kappa shape index (κ3) is 2.90. The van der Waals surface area contributed by atoms with E-state index in [0.717, 1.165) is 0 Å². The molecule has 72 valence electrons. The summed E-state index contributed by atoms with van der Waals surface area (Å²) in [7, 11) is 2.96. The van der Waals surface area contributed by atoms with Crippen molar-refractivity contribution in [3.63, 3.8) is 0 Å². The molecular formula is C9H11NaO4. The Balaban J connectivity index is 0.00000169. The van der Waals surface area contributed by atoms with Crippen LogP contribution in [0.4, 0.5) is 0 Å². The Morgan fingerprint density at radius 2 is 1.79 bits per heavy atom. The van der Waals surface area contributed by atoms with Gasteiger partial charge in [-0.3, -0.25) is 0 Å². The van der Waals surface area contributed by atoms with Crippen LogP contribution in [0.3, 0.4) is 0 Å². The summed E-state index contributed by atoms with van der Waals surface area (Å²) < 4.78 is 9.89. The second-order valence-electron chi connectivity index (χ2n) is 2.37. The molecule has 0 saturated carbocycles. The quantitative estimate of drug-likeness (QED) is 0.741. The minimum absolute atomic E-state index is 0. The van der Waals surface area contributed by atoms with Crippen LogP contribution in [0, 0.1) is 0 Å². The van der Waals surface area contributed by atoms with E-state index in [9.17, 15) is 4.79 Å². The van der Waals surface area contributed by atoms with Crippen LogP contribution in [0.5, 0.6) is 11.5 Å². The van der Waals surface area contributed by atoms with Gasteiger partial charge in [-0.25, -0.2) is 4.79 Å². The number of hydrogen-bond donors (Lipinski definition) is 1. The second kappa shape index (κ2) is 5.90. The van der Waals surface area contributed by atoms with Gasteiger partial charge in [-0.05, 0) is 18.2 Å². The minimum atomic E-state index is -0.985. The molecule has 5 heteroatoms. The molecule has 0 unspecified atom stereocenters. The Labute approximate surface area is 104 Å². The van der Waals surface area contributed by atoms with Crippen LogP contribution >= 0.6 is 0 Å². The third-order valence-electron chi connectivity index (χ3n) is 1.63. The Morgan fingerprint density at radius 1 is 1.21 bits per heavy atom. The van der Waals surface area contributed by atoms with Crippen LogP contribution in [0.25, 0.3) is 0 Å². The fourth-order valence-corrected chi connectivity index (χ4v) is 0.969. The van der Waals surface area contributed by atoms with Gasteiger partial charge in [0, 0.05) is 0 Å². The molecule has 1 N–H and O–H groups in total. The number of aromatic carboxylic acids is 1. The average Bonchev–Trinajstić information content (AvgIpc) is 2.16. The molecule has 0 aliphatic rings. The molecular weight excluding hydrogens is 195 g/mol. The third-order valence-corrected chi connectivity index (χ3v) is 1.63. The van der Waals surface area contributed by atoms with Crippen LogP contribution in [-0.2, 0) is 0 Å². The summed E-state index contributed by atoms with van der Waals surface area (Å²) in [6, 6.07) is 4.44.